The van der Waals surface area contributed by atoms with E-state index in [0.717, 1.165) is 10.0 Å². The maximum Gasteiger partial charge on any atom is 0.326 e. The predicted octanol–water partition coefficient (Wildman–Crippen LogP) is 1.24. The zero-order valence-corrected chi connectivity index (χ0v) is 8.58. The number of carboxylic acid groups (broad SMARTS) is 1. The van der Waals surface area contributed by atoms with Gasteiger partial charge in [-0.15, -0.1) is 0 Å². The molecule has 0 bridgehead atoms. The number of carboxylic acids is 1. The summed E-state index contributed by atoms with van der Waals surface area (Å²) in [6, 6.07) is 0.735. The molecule has 0 aromatic carbocycles. The third-order valence-corrected chi connectivity index (χ3v) is 2.08. The maximum absolute atomic E-state index is 10.6. The number of aromatic nitrogens is 1. The molecule has 0 radical (unpaired) electrons. The fourth-order valence-electron chi connectivity index (χ4n) is 0.994. The summed E-state index contributed by atoms with van der Waals surface area (Å²) in [6.07, 6.45) is 1.53. The summed E-state index contributed by atoms with van der Waals surface area (Å²) in [5, 5.41) is 8.65. The fraction of sp³-hybridized carbons (Fsp3) is 0.250. The monoisotopic (exact) mass is 244 g/mol. The zero-order chi connectivity index (χ0) is 10.0. The summed E-state index contributed by atoms with van der Waals surface area (Å²) >= 11 is 3.23. The Balaban J connectivity index is 3.08. The number of carbonyl (C=O) groups is 1. The van der Waals surface area contributed by atoms with Gasteiger partial charge in [-0.3, -0.25) is 9.78 Å². The molecule has 3 N–H and O–H groups in total. The Morgan fingerprint density at radius 1 is 1.77 bits per heavy atom. The van der Waals surface area contributed by atoms with Crippen molar-refractivity contribution >= 4 is 21.9 Å². The van der Waals surface area contributed by atoms with Crippen LogP contribution in [0, 0.1) is 6.92 Å². The van der Waals surface area contributed by atoms with Crippen LogP contribution in [0.5, 0.6) is 0 Å². The molecule has 1 atom stereocenters. The van der Waals surface area contributed by atoms with Crippen molar-refractivity contribution in [1.82, 2.24) is 4.98 Å². The molecule has 0 saturated heterocycles. The average molecular weight is 245 g/mol. The van der Waals surface area contributed by atoms with Crippen LogP contribution < -0.4 is 5.73 Å². The van der Waals surface area contributed by atoms with Gasteiger partial charge in [-0.05, 0) is 34.5 Å². The highest BCUT2D eigenvalue weighted by atomic mass is 79.9. The molecule has 0 aliphatic rings. The molecule has 1 rings (SSSR count). The Hall–Kier alpha value is -0.940. The van der Waals surface area contributed by atoms with Crippen LogP contribution in [0.2, 0.25) is 0 Å². The number of aliphatic carboxylic acids is 1. The molecule has 0 spiro atoms. The number of pyridine rings is 1. The molecule has 1 aromatic rings. The average Bonchev–Trinajstić information content (AvgIpc) is 2.03. The number of rotatable bonds is 2. The van der Waals surface area contributed by atoms with E-state index < -0.39 is 12.0 Å². The van der Waals surface area contributed by atoms with Crippen LogP contribution in [0.1, 0.15) is 17.3 Å². The van der Waals surface area contributed by atoms with Crippen LogP contribution in [0.3, 0.4) is 0 Å². The standard InChI is InChI=1S/C8H9BrN2O2/c1-4-2-5(9)3-11-7(4)6(10)8(12)13/h2-3,6H,10H2,1H3,(H,12,13). The molecule has 0 amide bonds. The Bertz CT molecular complexity index is 341. The lowest BCUT2D eigenvalue weighted by atomic mass is 10.1. The topological polar surface area (TPSA) is 76.2 Å². The Morgan fingerprint density at radius 3 is 2.85 bits per heavy atom. The van der Waals surface area contributed by atoms with Gasteiger partial charge in [0.2, 0.25) is 0 Å². The second kappa shape index (κ2) is 3.85. The number of aryl methyl sites for hydroxylation is 1. The van der Waals surface area contributed by atoms with Gasteiger partial charge in [-0.1, -0.05) is 0 Å². The fourth-order valence-corrected chi connectivity index (χ4v) is 1.44. The summed E-state index contributed by atoms with van der Waals surface area (Å²) in [7, 11) is 0. The molecule has 0 fully saturated rings. The van der Waals surface area contributed by atoms with E-state index in [1.54, 1.807) is 13.0 Å². The van der Waals surface area contributed by atoms with Crippen molar-refractivity contribution in [3.8, 4) is 0 Å². The van der Waals surface area contributed by atoms with Gasteiger partial charge >= 0.3 is 5.97 Å². The van der Waals surface area contributed by atoms with Crippen LogP contribution in [0.4, 0.5) is 0 Å². The lowest BCUT2D eigenvalue weighted by molar-refractivity contribution is -0.138. The predicted molar refractivity (Wildman–Crippen MR) is 51.2 cm³/mol. The quantitative estimate of drug-likeness (QED) is 0.821. The number of nitrogens with zero attached hydrogens (tertiary/aromatic N) is 1. The lowest BCUT2D eigenvalue weighted by Crippen LogP contribution is -2.22. The zero-order valence-electron chi connectivity index (χ0n) is 6.99. The molecule has 4 nitrogen and oxygen atoms in total. The minimum Gasteiger partial charge on any atom is -0.480 e. The number of hydrogen-bond donors (Lipinski definition) is 2. The summed E-state index contributed by atoms with van der Waals surface area (Å²) in [5.41, 5.74) is 6.58. The molecule has 70 valence electrons. The van der Waals surface area contributed by atoms with Crippen molar-refractivity contribution < 1.29 is 9.90 Å². The van der Waals surface area contributed by atoms with E-state index in [4.69, 9.17) is 10.8 Å². The molecule has 0 aliphatic carbocycles. The minimum atomic E-state index is -1.07. The van der Waals surface area contributed by atoms with Gasteiger partial charge in [0.15, 0.2) is 0 Å². The molecular formula is C8H9BrN2O2. The van der Waals surface area contributed by atoms with Gasteiger partial charge in [-0.25, -0.2) is 0 Å². The van der Waals surface area contributed by atoms with E-state index in [0.29, 0.717) is 5.69 Å². The second-order valence-corrected chi connectivity index (χ2v) is 3.59. The Labute approximate surface area is 83.9 Å². The van der Waals surface area contributed by atoms with Crippen LogP contribution in [0.25, 0.3) is 0 Å². The number of nitrogens with two attached hydrogens (primary N) is 1. The minimum absolute atomic E-state index is 0.399. The van der Waals surface area contributed by atoms with Gasteiger partial charge in [0.25, 0.3) is 0 Å². The van der Waals surface area contributed by atoms with Crippen molar-refractivity contribution in [1.29, 1.82) is 0 Å². The van der Waals surface area contributed by atoms with Crippen molar-refractivity contribution in [3.63, 3.8) is 0 Å². The van der Waals surface area contributed by atoms with Crippen molar-refractivity contribution in [2.75, 3.05) is 0 Å². The number of halogens is 1. The van der Waals surface area contributed by atoms with Gasteiger partial charge < -0.3 is 10.8 Å². The first-order valence-corrected chi connectivity index (χ1v) is 4.42. The molecular weight excluding hydrogens is 236 g/mol. The largest absolute Gasteiger partial charge is 0.480 e. The Morgan fingerprint density at radius 2 is 2.38 bits per heavy atom. The maximum atomic E-state index is 10.6. The summed E-state index contributed by atoms with van der Waals surface area (Å²) < 4.78 is 0.811. The first kappa shape index (κ1) is 10.1. The second-order valence-electron chi connectivity index (χ2n) is 2.67. The van der Waals surface area contributed by atoms with Crippen LogP contribution in [-0.4, -0.2) is 16.1 Å². The summed E-state index contributed by atoms with van der Waals surface area (Å²) in [5.74, 6) is -1.07. The van der Waals surface area contributed by atoms with E-state index in [2.05, 4.69) is 20.9 Å². The van der Waals surface area contributed by atoms with Gasteiger partial charge in [0.1, 0.15) is 6.04 Å². The molecule has 1 unspecified atom stereocenters. The molecule has 1 heterocycles. The highest BCUT2D eigenvalue weighted by Gasteiger charge is 2.17. The van der Waals surface area contributed by atoms with E-state index in [1.807, 2.05) is 0 Å². The van der Waals surface area contributed by atoms with Gasteiger partial charge in [0, 0.05) is 10.7 Å². The van der Waals surface area contributed by atoms with Crippen molar-refractivity contribution in [2.45, 2.75) is 13.0 Å². The van der Waals surface area contributed by atoms with Gasteiger partial charge in [0.05, 0.1) is 5.69 Å². The van der Waals surface area contributed by atoms with E-state index in [9.17, 15) is 4.79 Å². The molecule has 0 aliphatic heterocycles. The van der Waals surface area contributed by atoms with E-state index in [-0.39, 0.29) is 0 Å². The molecule has 13 heavy (non-hydrogen) atoms. The summed E-state index contributed by atoms with van der Waals surface area (Å²) in [4.78, 5) is 14.5. The first-order valence-electron chi connectivity index (χ1n) is 3.63. The van der Waals surface area contributed by atoms with Crippen molar-refractivity contribution in [3.05, 3.63) is 28.0 Å². The molecule has 5 heteroatoms. The third-order valence-electron chi connectivity index (χ3n) is 1.65. The third kappa shape index (κ3) is 2.26. The Kier molecular flexibility index (Phi) is 3.00. The molecule has 1 aromatic heterocycles. The van der Waals surface area contributed by atoms with Crippen LogP contribution in [0.15, 0.2) is 16.7 Å². The van der Waals surface area contributed by atoms with Gasteiger partial charge in [-0.2, -0.15) is 0 Å². The van der Waals surface area contributed by atoms with E-state index >= 15 is 0 Å². The first-order chi connectivity index (χ1) is 6.02. The van der Waals surface area contributed by atoms with Crippen LogP contribution >= 0.6 is 15.9 Å². The highest BCUT2D eigenvalue weighted by Crippen LogP contribution is 2.17. The lowest BCUT2D eigenvalue weighted by Gasteiger charge is -2.08. The normalized spacial score (nSPS) is 12.5. The number of hydrogen-bond acceptors (Lipinski definition) is 3. The van der Waals surface area contributed by atoms with Crippen LogP contribution in [-0.2, 0) is 4.79 Å². The molecule has 0 saturated carbocycles. The van der Waals surface area contributed by atoms with Crippen molar-refractivity contribution in [2.24, 2.45) is 5.73 Å². The SMILES string of the molecule is Cc1cc(Br)cnc1C(N)C(=O)O. The smallest absolute Gasteiger partial charge is 0.326 e. The summed E-state index contributed by atoms with van der Waals surface area (Å²) in [6.45, 7) is 1.77. The highest BCUT2D eigenvalue weighted by molar-refractivity contribution is 9.10. The van der Waals surface area contributed by atoms with E-state index in [1.165, 1.54) is 6.20 Å².